The fraction of sp³-hybridized carbons (Fsp3) is 0.857. The van der Waals surface area contributed by atoms with Crippen molar-refractivity contribution in [3.8, 4) is 0 Å². The molecule has 0 aromatic heterocycles. The van der Waals surface area contributed by atoms with Crippen molar-refractivity contribution in [2.75, 3.05) is 18.1 Å². The zero-order chi connectivity index (χ0) is 21.4. The lowest BCUT2D eigenvalue weighted by molar-refractivity contribution is -0.139. The first-order valence-corrected chi connectivity index (χ1v) is 11.9. The largest absolute Gasteiger partial charge is 0.480 e. The van der Waals surface area contributed by atoms with E-state index in [4.69, 9.17) is 4.74 Å². The van der Waals surface area contributed by atoms with E-state index in [0.29, 0.717) is 18.1 Å². The van der Waals surface area contributed by atoms with Gasteiger partial charge >= 0.3 is 12.1 Å². The highest BCUT2D eigenvalue weighted by Gasteiger charge is 2.31. The number of nitrogens with one attached hydrogen (secondary N) is 1. The van der Waals surface area contributed by atoms with Crippen LogP contribution in [0.25, 0.3) is 0 Å². The predicted molar refractivity (Wildman–Crippen MR) is 114 cm³/mol. The number of carbonyl (C=O) groups excluding carboxylic acids is 2. The number of rotatable bonds is 8. The topological polar surface area (TPSA) is 95.9 Å². The number of carbonyl (C=O) groups is 3. The number of hydrogen-bond acceptors (Lipinski definition) is 5. The first-order chi connectivity index (χ1) is 13.7. The normalized spacial score (nSPS) is 21.6. The highest BCUT2D eigenvalue weighted by atomic mass is 32.2. The van der Waals surface area contributed by atoms with Crippen LogP contribution in [0.5, 0.6) is 0 Å². The van der Waals surface area contributed by atoms with Crippen LogP contribution in [0.4, 0.5) is 4.79 Å². The first-order valence-electron chi connectivity index (χ1n) is 10.8. The summed E-state index contributed by atoms with van der Waals surface area (Å²) in [6.45, 7) is 6.00. The number of thioether (sulfide) groups is 1. The molecule has 29 heavy (non-hydrogen) atoms. The summed E-state index contributed by atoms with van der Waals surface area (Å²) in [5.74, 6) is 0.632. The smallest absolute Gasteiger partial charge is 0.408 e. The van der Waals surface area contributed by atoms with Crippen molar-refractivity contribution in [1.82, 2.24) is 10.2 Å². The van der Waals surface area contributed by atoms with Crippen molar-refractivity contribution in [2.24, 2.45) is 5.92 Å². The molecule has 2 atom stereocenters. The average Bonchev–Trinajstić information content (AvgIpc) is 3.08. The maximum absolute atomic E-state index is 12.8. The average molecular weight is 429 g/mol. The third-order valence-corrected chi connectivity index (χ3v) is 6.66. The van der Waals surface area contributed by atoms with Gasteiger partial charge in [0.15, 0.2) is 0 Å². The maximum atomic E-state index is 12.8. The van der Waals surface area contributed by atoms with Crippen LogP contribution in [-0.4, -0.2) is 63.7 Å². The van der Waals surface area contributed by atoms with Gasteiger partial charge in [0, 0.05) is 30.5 Å². The van der Waals surface area contributed by atoms with Gasteiger partial charge in [0.25, 0.3) is 0 Å². The summed E-state index contributed by atoms with van der Waals surface area (Å²) in [4.78, 5) is 38.1. The second-order valence-electron chi connectivity index (χ2n) is 9.17. The third kappa shape index (κ3) is 8.44. The van der Waals surface area contributed by atoms with Crippen molar-refractivity contribution < 1.29 is 24.2 Å². The minimum absolute atomic E-state index is 0.159. The molecule has 2 rings (SSSR count). The number of aliphatic carboxylic acids is 1. The Kier molecular flexibility index (Phi) is 9.11. The third-order valence-electron chi connectivity index (χ3n) is 5.47. The Morgan fingerprint density at radius 1 is 1.14 bits per heavy atom. The van der Waals surface area contributed by atoms with Crippen LogP contribution in [0.2, 0.25) is 0 Å². The molecule has 1 heterocycles. The van der Waals surface area contributed by atoms with Gasteiger partial charge in [0.05, 0.1) is 0 Å². The predicted octanol–water partition coefficient (Wildman–Crippen LogP) is 3.66. The lowest BCUT2D eigenvalue weighted by atomic mass is 9.86. The van der Waals surface area contributed by atoms with Crippen molar-refractivity contribution in [3.63, 3.8) is 0 Å². The second-order valence-corrected chi connectivity index (χ2v) is 10.2. The number of nitrogens with zero attached hydrogens (tertiary/aromatic N) is 1. The Labute approximate surface area is 178 Å². The van der Waals surface area contributed by atoms with Gasteiger partial charge < -0.3 is 20.1 Å². The summed E-state index contributed by atoms with van der Waals surface area (Å²) in [5.41, 5.74) is -0.677. The van der Waals surface area contributed by atoms with Crippen LogP contribution >= 0.6 is 11.8 Å². The molecule has 1 saturated carbocycles. The van der Waals surface area contributed by atoms with E-state index in [0.717, 1.165) is 32.2 Å². The highest BCUT2D eigenvalue weighted by molar-refractivity contribution is 7.99. The van der Waals surface area contributed by atoms with E-state index in [-0.39, 0.29) is 17.7 Å². The molecule has 0 unspecified atom stereocenters. The Hall–Kier alpha value is -1.44. The standard InChI is InChI=1S/C21H36N2O5S/c1-21(2,3)28-20(27)22-17(19(25)26)14-29-13-16-10-7-11-23(16)18(24)12-15-8-5-4-6-9-15/h15-17H,4-14H2,1-3H3,(H,22,27)(H,25,26)/t16-,17-/m0/s1. The van der Waals surface area contributed by atoms with Gasteiger partial charge in [0.2, 0.25) is 5.91 Å². The number of hydrogen-bond donors (Lipinski definition) is 2. The highest BCUT2D eigenvalue weighted by Crippen LogP contribution is 2.29. The van der Waals surface area contributed by atoms with Crippen LogP contribution in [0.15, 0.2) is 0 Å². The van der Waals surface area contributed by atoms with Gasteiger partial charge in [-0.2, -0.15) is 11.8 Å². The summed E-state index contributed by atoms with van der Waals surface area (Å²) < 4.78 is 5.14. The maximum Gasteiger partial charge on any atom is 0.408 e. The lowest BCUT2D eigenvalue weighted by Crippen LogP contribution is -2.45. The Morgan fingerprint density at radius 3 is 2.45 bits per heavy atom. The molecule has 1 saturated heterocycles. The molecule has 0 aromatic rings. The molecule has 166 valence electrons. The van der Waals surface area contributed by atoms with Crippen molar-refractivity contribution in [2.45, 2.75) is 89.8 Å². The lowest BCUT2D eigenvalue weighted by Gasteiger charge is -2.28. The summed E-state index contributed by atoms with van der Waals surface area (Å²) >= 11 is 1.47. The van der Waals surface area contributed by atoms with E-state index in [1.165, 1.54) is 31.0 Å². The molecule has 7 nitrogen and oxygen atoms in total. The molecule has 2 fully saturated rings. The first kappa shape index (κ1) is 23.8. The number of amides is 2. The molecular weight excluding hydrogens is 392 g/mol. The van der Waals surface area contributed by atoms with Crippen LogP contribution in [0.3, 0.4) is 0 Å². The van der Waals surface area contributed by atoms with E-state index in [9.17, 15) is 19.5 Å². The Balaban J connectivity index is 1.78. The Bertz CT molecular complexity index is 572. The van der Waals surface area contributed by atoms with Crippen LogP contribution in [0.1, 0.15) is 72.1 Å². The number of likely N-dealkylation sites (tertiary alicyclic amines) is 1. The number of carboxylic acids is 1. The summed E-state index contributed by atoms with van der Waals surface area (Å²) in [6.07, 6.45) is 7.97. The fourth-order valence-electron chi connectivity index (χ4n) is 4.04. The van der Waals surface area contributed by atoms with Gasteiger partial charge in [-0.3, -0.25) is 4.79 Å². The van der Waals surface area contributed by atoms with Gasteiger partial charge in [0.1, 0.15) is 11.6 Å². The number of carboxylic acid groups (broad SMARTS) is 1. The summed E-state index contributed by atoms with van der Waals surface area (Å²) in [7, 11) is 0. The SMILES string of the molecule is CC(C)(C)OC(=O)N[C@@H](CSC[C@@H]1CCCN1C(=O)CC1CCCCC1)C(=O)O. The molecule has 1 aliphatic heterocycles. The summed E-state index contributed by atoms with van der Waals surface area (Å²) in [6, 6.07) is -0.852. The van der Waals surface area contributed by atoms with Gasteiger partial charge in [-0.1, -0.05) is 19.3 Å². The van der Waals surface area contributed by atoms with E-state index in [2.05, 4.69) is 5.32 Å². The van der Waals surface area contributed by atoms with E-state index in [1.54, 1.807) is 20.8 Å². The quantitative estimate of drug-likeness (QED) is 0.612. The molecule has 0 spiro atoms. The van der Waals surface area contributed by atoms with Crippen molar-refractivity contribution in [1.29, 1.82) is 0 Å². The van der Waals surface area contributed by atoms with Crippen molar-refractivity contribution in [3.05, 3.63) is 0 Å². The number of alkyl carbamates (subject to hydrolysis) is 1. The van der Waals surface area contributed by atoms with Gasteiger partial charge in [-0.25, -0.2) is 9.59 Å². The fourth-order valence-corrected chi connectivity index (χ4v) is 5.26. The number of ether oxygens (including phenoxy) is 1. The molecule has 2 N–H and O–H groups in total. The second kappa shape index (κ2) is 11.1. The monoisotopic (exact) mass is 428 g/mol. The molecule has 0 bridgehead atoms. The van der Waals surface area contributed by atoms with E-state index >= 15 is 0 Å². The van der Waals surface area contributed by atoms with Crippen LogP contribution in [0, 0.1) is 5.92 Å². The Morgan fingerprint density at radius 2 is 1.83 bits per heavy atom. The minimum Gasteiger partial charge on any atom is -0.480 e. The van der Waals surface area contributed by atoms with Crippen LogP contribution < -0.4 is 5.32 Å². The molecule has 0 radical (unpaired) electrons. The molecular formula is C21H36N2O5S. The van der Waals surface area contributed by atoms with Gasteiger partial charge in [-0.05, 0) is 52.4 Å². The molecule has 8 heteroatoms. The molecule has 2 aliphatic rings. The molecule has 0 aromatic carbocycles. The van der Waals surface area contributed by atoms with Crippen molar-refractivity contribution >= 4 is 29.7 Å². The van der Waals surface area contributed by atoms with Gasteiger partial charge in [-0.15, -0.1) is 0 Å². The van der Waals surface area contributed by atoms with Crippen LogP contribution in [-0.2, 0) is 14.3 Å². The molecule has 2 amide bonds. The van der Waals surface area contributed by atoms with E-state index < -0.39 is 23.7 Å². The minimum atomic E-state index is -1.08. The zero-order valence-electron chi connectivity index (χ0n) is 17.9. The molecule has 1 aliphatic carbocycles. The van der Waals surface area contributed by atoms with E-state index in [1.807, 2.05) is 4.90 Å². The zero-order valence-corrected chi connectivity index (χ0v) is 18.8. The summed E-state index contributed by atoms with van der Waals surface area (Å²) in [5, 5.41) is 11.8.